The number of alkyl halides is 3. The largest absolute Gasteiger partial charge is 0.416 e. The average molecular weight is 301 g/mol. The molecular formula is C15H12F5N. The number of nitrogens with one attached hydrogen (secondary N) is 1. The third-order valence-corrected chi connectivity index (χ3v) is 2.98. The van der Waals surface area contributed by atoms with Crippen molar-refractivity contribution in [2.45, 2.75) is 19.1 Å². The third kappa shape index (κ3) is 3.71. The van der Waals surface area contributed by atoms with Crippen LogP contribution < -0.4 is 5.32 Å². The van der Waals surface area contributed by atoms with Gasteiger partial charge in [-0.05, 0) is 30.7 Å². The van der Waals surface area contributed by atoms with E-state index < -0.39 is 29.4 Å². The first-order valence-electron chi connectivity index (χ1n) is 6.16. The van der Waals surface area contributed by atoms with Crippen molar-refractivity contribution in [1.29, 1.82) is 0 Å². The van der Waals surface area contributed by atoms with Crippen LogP contribution in [0.2, 0.25) is 0 Å². The minimum atomic E-state index is -4.49. The summed E-state index contributed by atoms with van der Waals surface area (Å²) in [6, 6.07) is 7.06. The molecule has 0 aliphatic heterocycles. The molecule has 0 aromatic heterocycles. The first-order chi connectivity index (χ1) is 9.77. The molecule has 0 aliphatic carbocycles. The fraction of sp³-hybridized carbons (Fsp3) is 0.200. The van der Waals surface area contributed by atoms with Gasteiger partial charge in [-0.1, -0.05) is 18.2 Å². The van der Waals surface area contributed by atoms with Crippen LogP contribution in [0.3, 0.4) is 0 Å². The standard InChI is InChI=1S/C15H12F5N/c1-9(21-12-7-10(16)6-11(17)8-12)13-4-2-3-5-14(13)15(18,19)20/h2-9,21H,1H3. The van der Waals surface area contributed by atoms with Gasteiger partial charge in [-0.15, -0.1) is 0 Å². The molecule has 1 unspecified atom stereocenters. The van der Waals surface area contributed by atoms with Gasteiger partial charge in [-0.2, -0.15) is 13.2 Å². The summed E-state index contributed by atoms with van der Waals surface area (Å²) in [5.41, 5.74) is -0.687. The van der Waals surface area contributed by atoms with E-state index in [1.807, 2.05) is 0 Å². The normalized spacial score (nSPS) is 13.0. The van der Waals surface area contributed by atoms with Crippen LogP contribution in [0.25, 0.3) is 0 Å². The summed E-state index contributed by atoms with van der Waals surface area (Å²) in [5, 5.41) is 2.67. The van der Waals surface area contributed by atoms with Gasteiger partial charge in [-0.3, -0.25) is 0 Å². The van der Waals surface area contributed by atoms with Gasteiger partial charge in [0.15, 0.2) is 0 Å². The SMILES string of the molecule is CC(Nc1cc(F)cc(F)c1)c1ccccc1C(F)(F)F. The van der Waals surface area contributed by atoms with Crippen molar-refractivity contribution in [3.8, 4) is 0 Å². The Labute approximate surface area is 118 Å². The van der Waals surface area contributed by atoms with Gasteiger partial charge in [0.2, 0.25) is 0 Å². The Morgan fingerprint density at radius 2 is 1.52 bits per heavy atom. The Bertz CT molecular complexity index is 616. The molecule has 112 valence electrons. The molecule has 0 amide bonds. The Hall–Kier alpha value is -2.11. The highest BCUT2D eigenvalue weighted by Gasteiger charge is 2.34. The topological polar surface area (TPSA) is 12.0 Å². The van der Waals surface area contributed by atoms with E-state index in [0.717, 1.165) is 18.2 Å². The maximum Gasteiger partial charge on any atom is 0.416 e. The van der Waals surface area contributed by atoms with Gasteiger partial charge in [0, 0.05) is 17.8 Å². The first kappa shape index (κ1) is 15.3. The Morgan fingerprint density at radius 3 is 2.10 bits per heavy atom. The smallest absolute Gasteiger partial charge is 0.378 e. The molecule has 2 aromatic carbocycles. The third-order valence-electron chi connectivity index (χ3n) is 2.98. The van der Waals surface area contributed by atoms with Crippen LogP contribution >= 0.6 is 0 Å². The minimum absolute atomic E-state index is 0.00895. The summed E-state index contributed by atoms with van der Waals surface area (Å²) in [7, 11) is 0. The molecule has 2 aromatic rings. The highest BCUT2D eigenvalue weighted by atomic mass is 19.4. The second-order valence-corrected chi connectivity index (χ2v) is 4.61. The van der Waals surface area contributed by atoms with E-state index in [9.17, 15) is 22.0 Å². The molecular weight excluding hydrogens is 289 g/mol. The molecule has 2 rings (SSSR count). The predicted octanol–water partition coefficient (Wildman–Crippen LogP) is 5.16. The molecule has 0 spiro atoms. The van der Waals surface area contributed by atoms with Gasteiger partial charge in [0.05, 0.1) is 5.56 Å². The Kier molecular flexibility index (Phi) is 4.16. The summed E-state index contributed by atoms with van der Waals surface area (Å²) < 4.78 is 65.0. The van der Waals surface area contributed by atoms with Crippen LogP contribution in [-0.2, 0) is 6.18 Å². The first-order valence-corrected chi connectivity index (χ1v) is 6.16. The van der Waals surface area contributed by atoms with Crippen molar-refractivity contribution in [3.05, 3.63) is 65.2 Å². The zero-order valence-corrected chi connectivity index (χ0v) is 11.0. The van der Waals surface area contributed by atoms with Crippen LogP contribution in [0.5, 0.6) is 0 Å². The van der Waals surface area contributed by atoms with Crippen LogP contribution in [0, 0.1) is 11.6 Å². The Balaban J connectivity index is 2.31. The van der Waals surface area contributed by atoms with E-state index in [-0.39, 0.29) is 11.3 Å². The molecule has 21 heavy (non-hydrogen) atoms. The molecule has 1 nitrogen and oxygen atoms in total. The van der Waals surface area contributed by atoms with Crippen LogP contribution in [0.15, 0.2) is 42.5 Å². The summed E-state index contributed by atoms with van der Waals surface area (Å²) >= 11 is 0. The van der Waals surface area contributed by atoms with Crippen molar-refractivity contribution in [3.63, 3.8) is 0 Å². The molecule has 0 aliphatic rings. The zero-order chi connectivity index (χ0) is 15.6. The van der Waals surface area contributed by atoms with Gasteiger partial charge < -0.3 is 5.32 Å². The molecule has 1 atom stereocenters. The second-order valence-electron chi connectivity index (χ2n) is 4.61. The number of halogens is 5. The summed E-state index contributed by atoms with van der Waals surface area (Å²) in [4.78, 5) is 0. The van der Waals surface area contributed by atoms with Crippen molar-refractivity contribution < 1.29 is 22.0 Å². The second kappa shape index (κ2) is 5.71. The van der Waals surface area contributed by atoms with E-state index in [4.69, 9.17) is 0 Å². The van der Waals surface area contributed by atoms with Crippen molar-refractivity contribution in [2.24, 2.45) is 0 Å². The van der Waals surface area contributed by atoms with Crippen LogP contribution in [-0.4, -0.2) is 0 Å². The summed E-state index contributed by atoms with van der Waals surface area (Å²) in [5.74, 6) is -1.59. The van der Waals surface area contributed by atoms with Crippen LogP contribution in [0.4, 0.5) is 27.6 Å². The van der Waals surface area contributed by atoms with E-state index in [0.29, 0.717) is 6.07 Å². The van der Waals surface area contributed by atoms with Gasteiger partial charge in [-0.25, -0.2) is 8.78 Å². The Morgan fingerprint density at radius 1 is 0.952 bits per heavy atom. The molecule has 0 heterocycles. The zero-order valence-electron chi connectivity index (χ0n) is 11.0. The lowest BCUT2D eigenvalue weighted by Gasteiger charge is -2.20. The lowest BCUT2D eigenvalue weighted by Crippen LogP contribution is -2.15. The molecule has 0 saturated heterocycles. The number of hydrogen-bond acceptors (Lipinski definition) is 1. The lowest BCUT2D eigenvalue weighted by molar-refractivity contribution is -0.138. The molecule has 6 heteroatoms. The number of rotatable bonds is 3. The highest BCUT2D eigenvalue weighted by molar-refractivity contribution is 5.47. The van der Waals surface area contributed by atoms with Crippen molar-refractivity contribution in [2.75, 3.05) is 5.32 Å². The number of benzene rings is 2. The fourth-order valence-electron chi connectivity index (χ4n) is 2.10. The maximum absolute atomic E-state index is 13.1. The lowest BCUT2D eigenvalue weighted by atomic mass is 10.0. The quantitative estimate of drug-likeness (QED) is 0.772. The van der Waals surface area contributed by atoms with E-state index in [1.54, 1.807) is 0 Å². The molecule has 0 bridgehead atoms. The fourth-order valence-corrected chi connectivity index (χ4v) is 2.10. The number of anilines is 1. The molecule has 1 N–H and O–H groups in total. The summed E-state index contributed by atoms with van der Waals surface area (Å²) in [6.07, 6.45) is -4.49. The van der Waals surface area contributed by atoms with Crippen LogP contribution in [0.1, 0.15) is 24.1 Å². The average Bonchev–Trinajstić information content (AvgIpc) is 2.36. The molecule has 0 fully saturated rings. The van der Waals surface area contributed by atoms with Gasteiger partial charge >= 0.3 is 6.18 Å². The minimum Gasteiger partial charge on any atom is -0.378 e. The summed E-state index contributed by atoms with van der Waals surface area (Å²) in [6.45, 7) is 1.49. The van der Waals surface area contributed by atoms with Gasteiger partial charge in [0.25, 0.3) is 0 Å². The van der Waals surface area contributed by atoms with E-state index >= 15 is 0 Å². The van der Waals surface area contributed by atoms with E-state index in [1.165, 1.54) is 25.1 Å². The number of hydrogen-bond donors (Lipinski definition) is 1. The van der Waals surface area contributed by atoms with E-state index in [2.05, 4.69) is 5.32 Å². The predicted molar refractivity (Wildman–Crippen MR) is 69.8 cm³/mol. The molecule has 0 saturated carbocycles. The monoisotopic (exact) mass is 301 g/mol. The van der Waals surface area contributed by atoms with Crippen molar-refractivity contribution in [1.82, 2.24) is 0 Å². The maximum atomic E-state index is 13.1. The van der Waals surface area contributed by atoms with Crippen molar-refractivity contribution >= 4 is 5.69 Å². The van der Waals surface area contributed by atoms with Gasteiger partial charge in [0.1, 0.15) is 11.6 Å². The highest BCUT2D eigenvalue weighted by Crippen LogP contribution is 2.35. The molecule has 0 radical (unpaired) electrons.